The zero-order valence-corrected chi connectivity index (χ0v) is 8.97. The summed E-state index contributed by atoms with van der Waals surface area (Å²) in [4.78, 5) is 10.5. The Morgan fingerprint density at radius 3 is 2.57 bits per heavy atom. The molecule has 0 fully saturated rings. The summed E-state index contributed by atoms with van der Waals surface area (Å²) < 4.78 is 4.95. The minimum atomic E-state index is -0.758. The highest BCUT2D eigenvalue weighted by molar-refractivity contribution is 6.43. The summed E-state index contributed by atoms with van der Waals surface area (Å²) in [6.07, 6.45) is 0.601. The Balaban J connectivity index is 3.23. The van der Waals surface area contributed by atoms with Crippen molar-refractivity contribution in [3.05, 3.63) is 27.7 Å². The Hall–Kier alpha value is -0.770. The average molecular weight is 234 g/mol. The van der Waals surface area contributed by atoms with Gasteiger partial charge in [0.15, 0.2) is 0 Å². The van der Waals surface area contributed by atoms with Crippen LogP contribution >= 0.6 is 23.2 Å². The van der Waals surface area contributed by atoms with Crippen LogP contribution in [0.5, 0.6) is 5.75 Å². The summed E-state index contributed by atoms with van der Waals surface area (Å²) in [6.45, 7) is 0. The van der Waals surface area contributed by atoms with E-state index in [0.29, 0.717) is 17.6 Å². The molecule has 1 unspecified atom stereocenters. The van der Waals surface area contributed by atoms with Crippen molar-refractivity contribution < 1.29 is 9.53 Å². The zero-order chi connectivity index (χ0) is 10.7. The highest BCUT2D eigenvalue weighted by atomic mass is 35.5. The number of carbonyl (C=O) groups excluding carboxylic acids is 1. The van der Waals surface area contributed by atoms with Gasteiger partial charge in [-0.2, -0.15) is 0 Å². The number of nitrogens with two attached hydrogens (primary N) is 1. The summed E-state index contributed by atoms with van der Waals surface area (Å²) >= 11 is 11.8. The quantitative estimate of drug-likeness (QED) is 0.815. The third kappa shape index (κ3) is 2.00. The van der Waals surface area contributed by atoms with E-state index in [1.54, 1.807) is 12.1 Å². The van der Waals surface area contributed by atoms with Crippen LogP contribution in [-0.2, 0) is 4.79 Å². The van der Waals surface area contributed by atoms with Gasteiger partial charge in [0, 0.05) is 0 Å². The van der Waals surface area contributed by atoms with Crippen LogP contribution in [0.1, 0.15) is 11.6 Å². The van der Waals surface area contributed by atoms with Crippen molar-refractivity contribution in [2.75, 3.05) is 7.11 Å². The fourth-order valence-electron chi connectivity index (χ4n) is 1.04. The molecule has 1 atom stereocenters. The van der Waals surface area contributed by atoms with Crippen molar-refractivity contribution in [1.29, 1.82) is 0 Å². The molecule has 1 rings (SSSR count). The number of rotatable bonds is 3. The van der Waals surface area contributed by atoms with E-state index in [1.807, 2.05) is 0 Å². The molecule has 1 aromatic rings. The van der Waals surface area contributed by atoms with Gasteiger partial charge in [0.1, 0.15) is 17.1 Å². The van der Waals surface area contributed by atoms with Gasteiger partial charge in [0.05, 0.1) is 18.2 Å². The molecule has 0 spiro atoms. The summed E-state index contributed by atoms with van der Waals surface area (Å²) in [5.41, 5.74) is 6.00. The molecule has 0 aliphatic rings. The first-order valence-electron chi connectivity index (χ1n) is 3.84. The van der Waals surface area contributed by atoms with Crippen LogP contribution < -0.4 is 10.5 Å². The lowest BCUT2D eigenvalue weighted by Crippen LogP contribution is -2.12. The second-order valence-electron chi connectivity index (χ2n) is 2.65. The van der Waals surface area contributed by atoms with Gasteiger partial charge >= 0.3 is 0 Å². The first kappa shape index (κ1) is 11.3. The van der Waals surface area contributed by atoms with Gasteiger partial charge in [-0.1, -0.05) is 29.3 Å². The maximum atomic E-state index is 10.5. The van der Waals surface area contributed by atoms with Gasteiger partial charge in [0.25, 0.3) is 0 Å². The molecule has 0 bridgehead atoms. The monoisotopic (exact) mass is 233 g/mol. The van der Waals surface area contributed by atoms with Crippen molar-refractivity contribution >= 4 is 29.5 Å². The fourth-order valence-corrected chi connectivity index (χ4v) is 1.57. The Morgan fingerprint density at radius 1 is 1.43 bits per heavy atom. The van der Waals surface area contributed by atoms with Crippen LogP contribution in [0.2, 0.25) is 10.0 Å². The number of halogens is 2. The van der Waals surface area contributed by atoms with E-state index in [1.165, 1.54) is 7.11 Å². The van der Waals surface area contributed by atoms with Crippen LogP contribution in [0, 0.1) is 0 Å². The predicted octanol–water partition coefficient (Wildman–Crippen LogP) is 2.20. The van der Waals surface area contributed by atoms with Crippen LogP contribution in [0.15, 0.2) is 12.1 Å². The van der Waals surface area contributed by atoms with E-state index < -0.39 is 6.04 Å². The molecule has 0 aliphatic carbocycles. The van der Waals surface area contributed by atoms with Crippen molar-refractivity contribution in [3.63, 3.8) is 0 Å². The van der Waals surface area contributed by atoms with Crippen molar-refractivity contribution in [1.82, 2.24) is 0 Å². The predicted molar refractivity (Wildman–Crippen MR) is 56.0 cm³/mol. The Labute approximate surface area is 91.7 Å². The van der Waals surface area contributed by atoms with Gasteiger partial charge in [-0.3, -0.25) is 0 Å². The number of hydrogen-bond donors (Lipinski definition) is 1. The van der Waals surface area contributed by atoms with Crippen molar-refractivity contribution in [2.45, 2.75) is 6.04 Å². The third-order valence-corrected chi connectivity index (χ3v) is 2.68. The average Bonchev–Trinajstić information content (AvgIpc) is 2.21. The molecule has 2 N–H and O–H groups in total. The molecular formula is C9H9Cl2NO2. The lowest BCUT2D eigenvalue weighted by Gasteiger charge is -2.11. The summed E-state index contributed by atoms with van der Waals surface area (Å²) in [6, 6.07) is 2.48. The lowest BCUT2D eigenvalue weighted by atomic mass is 10.1. The van der Waals surface area contributed by atoms with Crippen molar-refractivity contribution in [3.8, 4) is 5.75 Å². The summed E-state index contributed by atoms with van der Waals surface area (Å²) in [5, 5.41) is 0.523. The first-order valence-corrected chi connectivity index (χ1v) is 4.60. The zero-order valence-electron chi connectivity index (χ0n) is 7.46. The number of aldehydes is 1. The normalized spacial score (nSPS) is 12.3. The number of benzene rings is 1. The molecule has 0 saturated carbocycles. The SMILES string of the molecule is COc1ccc(C(N)C=O)c(Cl)c1Cl. The van der Waals surface area contributed by atoms with E-state index in [0.717, 1.165) is 0 Å². The van der Waals surface area contributed by atoms with Crippen LogP contribution in [0.3, 0.4) is 0 Å². The maximum absolute atomic E-state index is 10.5. The van der Waals surface area contributed by atoms with Crippen LogP contribution in [-0.4, -0.2) is 13.4 Å². The van der Waals surface area contributed by atoms with E-state index in [2.05, 4.69) is 0 Å². The van der Waals surface area contributed by atoms with E-state index >= 15 is 0 Å². The molecule has 3 nitrogen and oxygen atoms in total. The fraction of sp³-hybridized carbons (Fsp3) is 0.222. The minimum absolute atomic E-state index is 0.255. The molecule has 5 heteroatoms. The smallest absolute Gasteiger partial charge is 0.141 e. The Bertz CT molecular complexity index is 355. The molecule has 76 valence electrons. The largest absolute Gasteiger partial charge is 0.495 e. The first-order chi connectivity index (χ1) is 6.61. The minimum Gasteiger partial charge on any atom is -0.495 e. The second-order valence-corrected chi connectivity index (χ2v) is 3.40. The van der Waals surface area contributed by atoms with Gasteiger partial charge in [-0.15, -0.1) is 0 Å². The van der Waals surface area contributed by atoms with Gasteiger partial charge in [-0.05, 0) is 11.6 Å². The molecule has 0 heterocycles. The Kier molecular flexibility index (Phi) is 3.75. The summed E-state index contributed by atoms with van der Waals surface area (Å²) in [5.74, 6) is 0.457. The van der Waals surface area contributed by atoms with Crippen LogP contribution in [0.4, 0.5) is 0 Å². The van der Waals surface area contributed by atoms with E-state index in [-0.39, 0.29) is 10.0 Å². The lowest BCUT2D eigenvalue weighted by molar-refractivity contribution is -0.109. The number of ether oxygens (including phenoxy) is 1. The molecule has 0 aliphatic heterocycles. The number of methoxy groups -OCH3 is 1. The molecule has 1 aromatic carbocycles. The van der Waals surface area contributed by atoms with Gasteiger partial charge in [-0.25, -0.2) is 0 Å². The molecule has 14 heavy (non-hydrogen) atoms. The van der Waals surface area contributed by atoms with Gasteiger partial charge in [0.2, 0.25) is 0 Å². The standard InChI is InChI=1S/C9H9Cl2NO2/c1-14-7-3-2-5(6(12)4-13)8(10)9(7)11/h2-4,6H,12H2,1H3. The summed E-state index contributed by atoms with van der Waals surface area (Å²) in [7, 11) is 1.48. The highest BCUT2D eigenvalue weighted by Crippen LogP contribution is 2.36. The van der Waals surface area contributed by atoms with Crippen molar-refractivity contribution in [2.24, 2.45) is 5.73 Å². The maximum Gasteiger partial charge on any atom is 0.141 e. The molecular weight excluding hydrogens is 225 g/mol. The Morgan fingerprint density at radius 2 is 2.07 bits per heavy atom. The van der Waals surface area contributed by atoms with Crippen LogP contribution in [0.25, 0.3) is 0 Å². The number of carbonyl (C=O) groups is 1. The van der Waals surface area contributed by atoms with Gasteiger partial charge < -0.3 is 15.3 Å². The second kappa shape index (κ2) is 4.64. The van der Waals surface area contributed by atoms with E-state index in [9.17, 15) is 4.79 Å². The number of hydrogen-bond acceptors (Lipinski definition) is 3. The molecule has 0 radical (unpaired) electrons. The molecule has 0 amide bonds. The van der Waals surface area contributed by atoms with E-state index in [4.69, 9.17) is 33.7 Å². The topological polar surface area (TPSA) is 52.3 Å². The highest BCUT2D eigenvalue weighted by Gasteiger charge is 2.14. The molecule has 0 aromatic heterocycles. The molecule has 0 saturated heterocycles. The third-order valence-electron chi connectivity index (χ3n) is 1.80.